The number of carbonyl (C=O) groups is 1. The van der Waals surface area contributed by atoms with Crippen molar-refractivity contribution in [3.8, 4) is 0 Å². The molecule has 6 heteroatoms. The molecule has 1 N–H and O–H groups in total. The van der Waals surface area contributed by atoms with E-state index in [1.807, 2.05) is 0 Å². The molecule has 0 aromatic heterocycles. The molecular weight excluding hydrogens is 329 g/mol. The summed E-state index contributed by atoms with van der Waals surface area (Å²) in [7, 11) is -3.82. The van der Waals surface area contributed by atoms with E-state index in [2.05, 4.69) is 4.72 Å². The molecular formula is C18H14FNO3S. The highest BCUT2D eigenvalue weighted by atomic mass is 32.2. The van der Waals surface area contributed by atoms with Crippen LogP contribution in [-0.4, -0.2) is 20.7 Å². The maximum absolute atomic E-state index is 14.1. The standard InChI is InChI=1S/C18H14FNO3S/c19-16-11-10-13-6-4-5-9-15(13)18(16)17(21)12-20-24(22,23)14-7-2-1-3-8-14/h1-11,20H,12H2. The van der Waals surface area contributed by atoms with Crippen molar-refractivity contribution in [3.63, 3.8) is 0 Å². The number of carbonyl (C=O) groups excluding carboxylic acids is 1. The topological polar surface area (TPSA) is 63.2 Å². The number of hydrogen-bond acceptors (Lipinski definition) is 3. The maximum atomic E-state index is 14.1. The Morgan fingerprint density at radius 2 is 1.58 bits per heavy atom. The highest BCUT2D eigenvalue weighted by Crippen LogP contribution is 2.22. The quantitative estimate of drug-likeness (QED) is 0.724. The Morgan fingerprint density at radius 1 is 0.917 bits per heavy atom. The average molecular weight is 343 g/mol. The Kier molecular flexibility index (Phi) is 4.42. The van der Waals surface area contributed by atoms with Gasteiger partial charge in [0.25, 0.3) is 0 Å². The fraction of sp³-hybridized carbons (Fsp3) is 0.0556. The minimum atomic E-state index is -3.82. The molecule has 122 valence electrons. The highest BCUT2D eigenvalue weighted by molar-refractivity contribution is 7.89. The van der Waals surface area contributed by atoms with Gasteiger partial charge in [0.05, 0.1) is 17.0 Å². The van der Waals surface area contributed by atoms with Crippen LogP contribution < -0.4 is 4.72 Å². The molecule has 0 bridgehead atoms. The van der Waals surface area contributed by atoms with Crippen LogP contribution in [0.2, 0.25) is 0 Å². The van der Waals surface area contributed by atoms with Crippen molar-refractivity contribution in [2.75, 3.05) is 6.54 Å². The first-order valence-electron chi connectivity index (χ1n) is 7.24. The van der Waals surface area contributed by atoms with Crippen molar-refractivity contribution in [2.24, 2.45) is 0 Å². The predicted octanol–water partition coefficient (Wildman–Crippen LogP) is 3.14. The highest BCUT2D eigenvalue weighted by Gasteiger charge is 2.19. The molecule has 0 fully saturated rings. The zero-order valence-electron chi connectivity index (χ0n) is 12.6. The van der Waals surface area contributed by atoms with Gasteiger partial charge in [0, 0.05) is 0 Å². The van der Waals surface area contributed by atoms with Crippen LogP contribution in [0.15, 0.2) is 71.6 Å². The molecule has 0 heterocycles. The third kappa shape index (κ3) is 3.20. The average Bonchev–Trinajstić information content (AvgIpc) is 2.60. The summed E-state index contributed by atoms with van der Waals surface area (Å²) < 4.78 is 40.7. The number of benzene rings is 3. The van der Waals surface area contributed by atoms with Gasteiger partial charge in [-0.1, -0.05) is 48.5 Å². The molecule has 0 aliphatic heterocycles. The van der Waals surface area contributed by atoms with E-state index in [4.69, 9.17) is 0 Å². The van der Waals surface area contributed by atoms with Crippen molar-refractivity contribution in [1.29, 1.82) is 0 Å². The minimum absolute atomic E-state index is 0.0520. The van der Waals surface area contributed by atoms with E-state index < -0.39 is 28.2 Å². The number of sulfonamides is 1. The SMILES string of the molecule is O=C(CNS(=O)(=O)c1ccccc1)c1c(F)ccc2ccccc12. The van der Waals surface area contributed by atoms with Gasteiger partial charge in [0.2, 0.25) is 10.0 Å². The zero-order chi connectivity index (χ0) is 17.2. The van der Waals surface area contributed by atoms with Gasteiger partial charge in [0.15, 0.2) is 5.78 Å². The van der Waals surface area contributed by atoms with E-state index >= 15 is 0 Å². The second kappa shape index (κ2) is 6.51. The number of nitrogens with one attached hydrogen (secondary N) is 1. The van der Waals surface area contributed by atoms with E-state index in [0.29, 0.717) is 10.8 Å². The first-order valence-corrected chi connectivity index (χ1v) is 8.72. The van der Waals surface area contributed by atoms with Gasteiger partial charge in [0.1, 0.15) is 5.82 Å². The minimum Gasteiger partial charge on any atom is -0.293 e. The van der Waals surface area contributed by atoms with Crippen LogP contribution in [0.3, 0.4) is 0 Å². The normalized spacial score (nSPS) is 11.5. The maximum Gasteiger partial charge on any atom is 0.240 e. The predicted molar refractivity (Wildman–Crippen MR) is 89.9 cm³/mol. The van der Waals surface area contributed by atoms with Gasteiger partial charge in [-0.05, 0) is 29.0 Å². The van der Waals surface area contributed by atoms with Crippen LogP contribution >= 0.6 is 0 Å². The number of Topliss-reactive ketones (excluding diaryl/α,β-unsaturated/α-hetero) is 1. The third-order valence-corrected chi connectivity index (χ3v) is 5.05. The lowest BCUT2D eigenvalue weighted by molar-refractivity contribution is 0.0995. The van der Waals surface area contributed by atoms with Crippen LogP contribution in [0, 0.1) is 5.82 Å². The van der Waals surface area contributed by atoms with Crippen molar-refractivity contribution < 1.29 is 17.6 Å². The van der Waals surface area contributed by atoms with Gasteiger partial charge < -0.3 is 0 Å². The summed E-state index contributed by atoms with van der Waals surface area (Å²) in [5.74, 6) is -1.29. The zero-order valence-corrected chi connectivity index (χ0v) is 13.4. The lowest BCUT2D eigenvalue weighted by Crippen LogP contribution is -2.30. The van der Waals surface area contributed by atoms with E-state index in [1.165, 1.54) is 18.2 Å². The van der Waals surface area contributed by atoms with Crippen molar-refractivity contribution in [2.45, 2.75) is 4.90 Å². The number of rotatable bonds is 5. The molecule has 0 saturated heterocycles. The monoisotopic (exact) mass is 343 g/mol. The fourth-order valence-electron chi connectivity index (χ4n) is 2.46. The summed E-state index contributed by atoms with van der Waals surface area (Å²) in [6, 6.07) is 17.4. The summed E-state index contributed by atoms with van der Waals surface area (Å²) in [6.07, 6.45) is 0. The Hall–Kier alpha value is -2.57. The van der Waals surface area contributed by atoms with Crippen LogP contribution in [0.4, 0.5) is 4.39 Å². The second-order valence-electron chi connectivity index (χ2n) is 5.20. The van der Waals surface area contributed by atoms with Gasteiger partial charge >= 0.3 is 0 Å². The van der Waals surface area contributed by atoms with Gasteiger partial charge in [-0.25, -0.2) is 17.5 Å². The van der Waals surface area contributed by atoms with Gasteiger partial charge in [-0.15, -0.1) is 0 Å². The second-order valence-corrected chi connectivity index (χ2v) is 6.97. The molecule has 0 aliphatic carbocycles. The smallest absolute Gasteiger partial charge is 0.240 e. The molecule has 24 heavy (non-hydrogen) atoms. The fourth-order valence-corrected chi connectivity index (χ4v) is 3.46. The molecule has 0 radical (unpaired) electrons. The molecule has 3 aromatic rings. The van der Waals surface area contributed by atoms with E-state index in [0.717, 1.165) is 0 Å². The first-order chi connectivity index (χ1) is 11.5. The van der Waals surface area contributed by atoms with Gasteiger partial charge in [-0.3, -0.25) is 4.79 Å². The lowest BCUT2D eigenvalue weighted by atomic mass is 10.0. The molecule has 0 atom stereocenters. The summed E-state index contributed by atoms with van der Waals surface area (Å²) in [5, 5.41) is 1.18. The summed E-state index contributed by atoms with van der Waals surface area (Å²) in [6.45, 7) is -0.512. The number of ketones is 1. The van der Waals surface area contributed by atoms with Crippen molar-refractivity contribution in [3.05, 3.63) is 78.1 Å². The first kappa shape index (κ1) is 16.3. The summed E-state index contributed by atoms with van der Waals surface area (Å²) in [5.41, 5.74) is -0.108. The Labute approximate surface area is 139 Å². The number of fused-ring (bicyclic) bond motifs is 1. The summed E-state index contributed by atoms with van der Waals surface area (Å²) >= 11 is 0. The Morgan fingerprint density at radius 3 is 2.33 bits per heavy atom. The molecule has 4 nitrogen and oxygen atoms in total. The number of hydrogen-bond donors (Lipinski definition) is 1. The Bertz CT molecular complexity index is 1000. The van der Waals surface area contributed by atoms with Crippen LogP contribution in [0.5, 0.6) is 0 Å². The van der Waals surface area contributed by atoms with Crippen molar-refractivity contribution >= 4 is 26.6 Å². The largest absolute Gasteiger partial charge is 0.293 e. The molecule has 0 saturated carbocycles. The van der Waals surface area contributed by atoms with E-state index in [-0.39, 0.29) is 10.5 Å². The Balaban J connectivity index is 1.88. The number of halogens is 1. The van der Waals surface area contributed by atoms with Gasteiger partial charge in [-0.2, -0.15) is 0 Å². The molecule has 3 aromatic carbocycles. The lowest BCUT2D eigenvalue weighted by Gasteiger charge is -2.09. The third-order valence-electron chi connectivity index (χ3n) is 3.63. The van der Waals surface area contributed by atoms with Crippen LogP contribution in [-0.2, 0) is 10.0 Å². The molecule has 0 aliphatic rings. The molecule has 0 spiro atoms. The summed E-state index contributed by atoms with van der Waals surface area (Å²) in [4.78, 5) is 12.4. The van der Waals surface area contributed by atoms with E-state index in [9.17, 15) is 17.6 Å². The molecule has 0 amide bonds. The van der Waals surface area contributed by atoms with Crippen LogP contribution in [0.1, 0.15) is 10.4 Å². The van der Waals surface area contributed by atoms with E-state index in [1.54, 1.807) is 48.5 Å². The molecule has 3 rings (SSSR count). The molecule has 0 unspecified atom stereocenters. The van der Waals surface area contributed by atoms with Crippen molar-refractivity contribution in [1.82, 2.24) is 4.72 Å². The van der Waals surface area contributed by atoms with Crippen LogP contribution in [0.25, 0.3) is 10.8 Å².